The van der Waals surface area contributed by atoms with E-state index in [2.05, 4.69) is 29.3 Å². The number of rotatable bonds is 7. The standard InChI is InChI=1S/C31H33Cl2N3O2/c1-2-35-18-15-23(16-19-35)36-29(26-13-12-22(32)20-27(26)33)28(24-10-6-7-11-25(24)31(36)38)30(37)34-17-14-21-8-4-3-5-9-21/h3-13,20,23,28-29H,2,14-19H2,1H3,(H,34,37)/t28-,29+/m1/s1. The third-order valence-electron chi connectivity index (χ3n) is 7.89. The lowest BCUT2D eigenvalue weighted by atomic mass is 9.77. The molecule has 2 amide bonds. The van der Waals surface area contributed by atoms with Gasteiger partial charge in [-0.25, -0.2) is 0 Å². The van der Waals surface area contributed by atoms with Crippen LogP contribution in [0.4, 0.5) is 0 Å². The van der Waals surface area contributed by atoms with E-state index in [0.717, 1.165) is 55.6 Å². The summed E-state index contributed by atoms with van der Waals surface area (Å²) in [6.07, 6.45) is 2.43. The SMILES string of the molecule is CCN1CCC(N2C(=O)c3ccccc3[C@@H](C(=O)NCCc3ccccc3)[C@@H]2c2ccc(Cl)cc2Cl)CC1. The average Bonchev–Trinajstić information content (AvgIpc) is 2.94. The molecule has 2 heterocycles. The topological polar surface area (TPSA) is 52.7 Å². The Morgan fingerprint density at radius 3 is 2.37 bits per heavy atom. The molecule has 0 aliphatic carbocycles. The van der Waals surface area contributed by atoms with E-state index in [0.29, 0.717) is 22.2 Å². The molecule has 0 spiro atoms. The highest BCUT2D eigenvalue weighted by Gasteiger charge is 2.47. The number of hydrogen-bond acceptors (Lipinski definition) is 3. The van der Waals surface area contributed by atoms with Gasteiger partial charge in [-0.1, -0.05) is 84.7 Å². The zero-order valence-electron chi connectivity index (χ0n) is 21.6. The van der Waals surface area contributed by atoms with E-state index in [1.54, 1.807) is 12.1 Å². The van der Waals surface area contributed by atoms with Gasteiger partial charge in [0, 0.05) is 41.3 Å². The van der Waals surface area contributed by atoms with Gasteiger partial charge in [0.15, 0.2) is 0 Å². The molecule has 38 heavy (non-hydrogen) atoms. The highest BCUT2D eigenvalue weighted by atomic mass is 35.5. The molecule has 0 radical (unpaired) electrons. The second kappa shape index (κ2) is 11.9. The van der Waals surface area contributed by atoms with Crippen LogP contribution < -0.4 is 5.32 Å². The summed E-state index contributed by atoms with van der Waals surface area (Å²) >= 11 is 13.0. The van der Waals surface area contributed by atoms with Gasteiger partial charge in [-0.3, -0.25) is 9.59 Å². The predicted octanol–water partition coefficient (Wildman–Crippen LogP) is 6.12. The number of carbonyl (C=O) groups excluding carboxylic acids is 2. The molecule has 0 unspecified atom stereocenters. The van der Waals surface area contributed by atoms with Crippen molar-refractivity contribution < 1.29 is 9.59 Å². The summed E-state index contributed by atoms with van der Waals surface area (Å²) in [5.41, 5.74) is 3.25. The fourth-order valence-electron chi connectivity index (χ4n) is 5.91. The summed E-state index contributed by atoms with van der Waals surface area (Å²) in [6.45, 7) is 5.49. The molecule has 0 saturated carbocycles. The van der Waals surface area contributed by atoms with Crippen LogP contribution in [0.5, 0.6) is 0 Å². The number of piperidine rings is 1. The molecule has 3 aromatic rings. The molecule has 2 aliphatic heterocycles. The van der Waals surface area contributed by atoms with Crippen molar-refractivity contribution in [2.45, 2.75) is 44.2 Å². The first-order chi connectivity index (χ1) is 18.5. The minimum Gasteiger partial charge on any atom is -0.355 e. The van der Waals surface area contributed by atoms with E-state index in [4.69, 9.17) is 23.2 Å². The van der Waals surface area contributed by atoms with Crippen molar-refractivity contribution in [3.05, 3.63) is 105 Å². The second-order valence-electron chi connectivity index (χ2n) is 10.1. The molecule has 5 nitrogen and oxygen atoms in total. The monoisotopic (exact) mass is 549 g/mol. The average molecular weight is 551 g/mol. The molecule has 2 aliphatic rings. The van der Waals surface area contributed by atoms with Crippen molar-refractivity contribution in [3.63, 3.8) is 0 Å². The van der Waals surface area contributed by atoms with E-state index in [9.17, 15) is 9.59 Å². The largest absolute Gasteiger partial charge is 0.355 e. The number of fused-ring (bicyclic) bond motifs is 1. The number of halogens is 2. The fourth-order valence-corrected chi connectivity index (χ4v) is 6.43. The minimum absolute atomic E-state index is 0.00928. The quantitative estimate of drug-likeness (QED) is 0.386. The second-order valence-corrected chi connectivity index (χ2v) is 10.9. The number of nitrogens with one attached hydrogen (secondary N) is 1. The molecule has 7 heteroatoms. The van der Waals surface area contributed by atoms with Crippen LogP contribution in [0.3, 0.4) is 0 Å². The van der Waals surface area contributed by atoms with Crippen molar-refractivity contribution in [2.75, 3.05) is 26.2 Å². The van der Waals surface area contributed by atoms with Crippen molar-refractivity contribution in [2.24, 2.45) is 0 Å². The van der Waals surface area contributed by atoms with Crippen LogP contribution in [0.15, 0.2) is 72.8 Å². The Balaban J connectivity index is 1.54. The van der Waals surface area contributed by atoms with Gasteiger partial charge in [0.2, 0.25) is 5.91 Å². The summed E-state index contributed by atoms with van der Waals surface area (Å²) in [5, 5.41) is 4.16. The van der Waals surface area contributed by atoms with Gasteiger partial charge in [0.05, 0.1) is 12.0 Å². The van der Waals surface area contributed by atoms with E-state index in [1.165, 1.54) is 0 Å². The van der Waals surface area contributed by atoms with Crippen LogP contribution in [0, 0.1) is 0 Å². The van der Waals surface area contributed by atoms with Crippen LogP contribution in [-0.2, 0) is 11.2 Å². The zero-order chi connectivity index (χ0) is 26.6. The maximum absolute atomic E-state index is 14.1. The Morgan fingerprint density at radius 2 is 1.66 bits per heavy atom. The van der Waals surface area contributed by atoms with Gasteiger partial charge in [-0.15, -0.1) is 0 Å². The molecule has 1 saturated heterocycles. The van der Waals surface area contributed by atoms with Gasteiger partial charge in [0.1, 0.15) is 0 Å². The van der Waals surface area contributed by atoms with Crippen molar-refractivity contribution in [3.8, 4) is 0 Å². The molecule has 5 rings (SSSR count). The summed E-state index contributed by atoms with van der Waals surface area (Å²) < 4.78 is 0. The lowest BCUT2D eigenvalue weighted by Crippen LogP contribution is -2.54. The fraction of sp³-hybridized carbons (Fsp3) is 0.355. The number of nitrogens with zero attached hydrogens (tertiary/aromatic N) is 2. The number of benzene rings is 3. The Labute approximate surface area is 234 Å². The molecule has 0 bridgehead atoms. The van der Waals surface area contributed by atoms with Crippen LogP contribution >= 0.6 is 23.2 Å². The first kappa shape index (κ1) is 26.7. The molecular weight excluding hydrogens is 517 g/mol. The molecule has 0 aromatic heterocycles. The van der Waals surface area contributed by atoms with Gasteiger partial charge >= 0.3 is 0 Å². The third kappa shape index (κ3) is 5.47. The maximum Gasteiger partial charge on any atom is 0.254 e. The molecular formula is C31H33Cl2N3O2. The van der Waals surface area contributed by atoms with E-state index >= 15 is 0 Å². The summed E-state index contributed by atoms with van der Waals surface area (Å²) in [6, 6.07) is 22.4. The van der Waals surface area contributed by atoms with Crippen LogP contribution in [0.2, 0.25) is 10.0 Å². The Bertz CT molecular complexity index is 1290. The Morgan fingerprint density at radius 1 is 0.947 bits per heavy atom. The smallest absolute Gasteiger partial charge is 0.254 e. The number of amides is 2. The van der Waals surface area contributed by atoms with Gasteiger partial charge in [0.25, 0.3) is 5.91 Å². The van der Waals surface area contributed by atoms with Crippen molar-refractivity contribution >= 4 is 35.0 Å². The first-order valence-electron chi connectivity index (χ1n) is 13.4. The zero-order valence-corrected chi connectivity index (χ0v) is 23.1. The Kier molecular flexibility index (Phi) is 8.37. The Hall–Kier alpha value is -2.86. The summed E-state index contributed by atoms with van der Waals surface area (Å²) in [4.78, 5) is 32.5. The van der Waals surface area contributed by atoms with Crippen LogP contribution in [0.25, 0.3) is 0 Å². The summed E-state index contributed by atoms with van der Waals surface area (Å²) in [5.74, 6) is -0.740. The van der Waals surface area contributed by atoms with Gasteiger partial charge in [-0.05, 0) is 60.7 Å². The lowest BCUT2D eigenvalue weighted by Gasteiger charge is -2.48. The lowest BCUT2D eigenvalue weighted by molar-refractivity contribution is -0.124. The molecule has 198 valence electrons. The van der Waals surface area contributed by atoms with E-state index in [1.807, 2.05) is 53.4 Å². The van der Waals surface area contributed by atoms with E-state index in [-0.39, 0.29) is 17.9 Å². The third-order valence-corrected chi connectivity index (χ3v) is 8.46. The van der Waals surface area contributed by atoms with Crippen LogP contribution in [0.1, 0.15) is 58.8 Å². The first-order valence-corrected chi connectivity index (χ1v) is 14.1. The maximum atomic E-state index is 14.1. The predicted molar refractivity (Wildman–Crippen MR) is 153 cm³/mol. The normalized spacial score (nSPS) is 20.3. The molecule has 2 atom stereocenters. The van der Waals surface area contributed by atoms with Crippen molar-refractivity contribution in [1.29, 1.82) is 0 Å². The van der Waals surface area contributed by atoms with Crippen molar-refractivity contribution in [1.82, 2.24) is 15.1 Å². The van der Waals surface area contributed by atoms with Crippen LogP contribution in [-0.4, -0.2) is 53.8 Å². The van der Waals surface area contributed by atoms with Gasteiger partial charge in [-0.2, -0.15) is 0 Å². The van der Waals surface area contributed by atoms with Gasteiger partial charge < -0.3 is 15.1 Å². The summed E-state index contributed by atoms with van der Waals surface area (Å²) in [7, 11) is 0. The highest BCUT2D eigenvalue weighted by Crippen LogP contribution is 2.47. The molecule has 1 N–H and O–H groups in total. The number of carbonyl (C=O) groups is 2. The molecule has 1 fully saturated rings. The van der Waals surface area contributed by atoms with E-state index < -0.39 is 12.0 Å². The highest BCUT2D eigenvalue weighted by molar-refractivity contribution is 6.35. The number of likely N-dealkylation sites (tertiary alicyclic amines) is 1. The number of hydrogen-bond donors (Lipinski definition) is 1. The molecule has 3 aromatic carbocycles. The minimum atomic E-state index is -0.595.